The van der Waals surface area contributed by atoms with Gasteiger partial charge in [-0.1, -0.05) is 36.4 Å². The van der Waals surface area contributed by atoms with E-state index in [4.69, 9.17) is 0 Å². The first kappa shape index (κ1) is 24.4. The van der Waals surface area contributed by atoms with Crippen LogP contribution in [0.4, 0.5) is 10.1 Å². The summed E-state index contributed by atoms with van der Waals surface area (Å²) >= 11 is 0. The molecular weight excluding hydrogens is 441 g/mol. The molecule has 1 amide bonds. The maximum atomic E-state index is 13.4. The molecule has 174 valence electrons. The number of likely N-dealkylation sites (N-methyl/N-ethyl adjacent to an activating group) is 1. The van der Waals surface area contributed by atoms with Crippen LogP contribution in [-0.4, -0.2) is 58.4 Å². The number of benzene rings is 3. The fourth-order valence-corrected chi connectivity index (χ4v) is 4.53. The quantitative estimate of drug-likeness (QED) is 0.478. The highest BCUT2D eigenvalue weighted by Crippen LogP contribution is 2.23. The van der Waals surface area contributed by atoms with Crippen molar-refractivity contribution in [1.82, 2.24) is 9.80 Å². The van der Waals surface area contributed by atoms with Crippen molar-refractivity contribution in [3.8, 4) is 0 Å². The van der Waals surface area contributed by atoms with Gasteiger partial charge in [-0.15, -0.1) is 0 Å². The zero-order chi connectivity index (χ0) is 24.0. The molecule has 0 aliphatic rings. The molecule has 0 saturated heterocycles. The van der Waals surface area contributed by atoms with E-state index < -0.39 is 10.0 Å². The molecule has 0 aliphatic heterocycles. The minimum absolute atomic E-state index is 0.0362. The van der Waals surface area contributed by atoms with E-state index in [0.29, 0.717) is 18.8 Å². The molecule has 33 heavy (non-hydrogen) atoms. The normalized spacial score (nSPS) is 11.4. The maximum absolute atomic E-state index is 13.4. The predicted molar refractivity (Wildman–Crippen MR) is 128 cm³/mol. The molecule has 0 radical (unpaired) electrons. The molecule has 3 aromatic carbocycles. The minimum Gasteiger partial charge on any atom is -0.333 e. The van der Waals surface area contributed by atoms with E-state index in [2.05, 4.69) is 0 Å². The molecule has 6 nitrogen and oxygen atoms in total. The van der Waals surface area contributed by atoms with Crippen molar-refractivity contribution in [1.29, 1.82) is 0 Å². The summed E-state index contributed by atoms with van der Waals surface area (Å²) in [5, 5.41) is 0. The average molecular weight is 470 g/mol. The molecule has 0 aromatic heterocycles. The van der Waals surface area contributed by atoms with Crippen molar-refractivity contribution in [3.63, 3.8) is 0 Å². The topological polar surface area (TPSA) is 60.9 Å². The van der Waals surface area contributed by atoms with Gasteiger partial charge in [0.1, 0.15) is 5.82 Å². The smallest absolute Gasteiger partial charge is 0.264 e. The maximum Gasteiger partial charge on any atom is 0.264 e. The Morgan fingerprint density at radius 2 is 1.52 bits per heavy atom. The molecule has 0 bridgehead atoms. The van der Waals surface area contributed by atoms with Crippen molar-refractivity contribution >= 4 is 21.6 Å². The summed E-state index contributed by atoms with van der Waals surface area (Å²) in [6.45, 7) is 1.35. The number of rotatable bonds is 9. The summed E-state index contributed by atoms with van der Waals surface area (Å²) in [5.41, 5.74) is 1.59. The van der Waals surface area contributed by atoms with Crippen LogP contribution in [0.15, 0.2) is 83.8 Å². The molecule has 0 saturated carbocycles. The Morgan fingerprint density at radius 3 is 2.15 bits per heavy atom. The molecule has 0 heterocycles. The lowest BCUT2D eigenvalue weighted by molar-refractivity contribution is 0.0731. The van der Waals surface area contributed by atoms with Crippen LogP contribution >= 0.6 is 0 Å². The molecule has 0 spiro atoms. The van der Waals surface area contributed by atoms with Gasteiger partial charge in [0.2, 0.25) is 0 Å². The number of carbonyl (C=O) groups is 1. The van der Waals surface area contributed by atoms with Crippen LogP contribution in [0.25, 0.3) is 0 Å². The molecular formula is C25H28FN3O3S. The number of halogens is 1. The third-order valence-corrected chi connectivity index (χ3v) is 7.03. The van der Waals surface area contributed by atoms with Crippen LogP contribution in [0.3, 0.4) is 0 Å². The van der Waals surface area contributed by atoms with Gasteiger partial charge in [0.15, 0.2) is 0 Å². The van der Waals surface area contributed by atoms with Crippen molar-refractivity contribution in [2.75, 3.05) is 38.5 Å². The van der Waals surface area contributed by atoms with Gasteiger partial charge in [-0.3, -0.25) is 9.10 Å². The van der Waals surface area contributed by atoms with E-state index in [-0.39, 0.29) is 28.7 Å². The third kappa shape index (κ3) is 6.18. The van der Waals surface area contributed by atoms with E-state index in [0.717, 1.165) is 5.56 Å². The lowest BCUT2D eigenvalue weighted by atomic mass is 10.1. The van der Waals surface area contributed by atoms with Crippen LogP contribution in [0.1, 0.15) is 15.9 Å². The van der Waals surface area contributed by atoms with Gasteiger partial charge in [-0.05, 0) is 62.1 Å². The molecule has 0 aliphatic carbocycles. The Morgan fingerprint density at radius 1 is 0.848 bits per heavy atom. The van der Waals surface area contributed by atoms with E-state index in [9.17, 15) is 17.6 Å². The number of hydrogen-bond acceptors (Lipinski definition) is 4. The summed E-state index contributed by atoms with van der Waals surface area (Å²) in [4.78, 5) is 17.0. The molecule has 8 heteroatoms. The molecule has 0 atom stereocenters. The largest absolute Gasteiger partial charge is 0.333 e. The molecule has 0 N–H and O–H groups in total. The van der Waals surface area contributed by atoms with Crippen molar-refractivity contribution in [3.05, 3.63) is 95.8 Å². The highest BCUT2D eigenvalue weighted by Gasteiger charge is 2.24. The number of amides is 1. The molecule has 3 aromatic rings. The second-order valence-corrected chi connectivity index (χ2v) is 9.96. The lowest BCUT2D eigenvalue weighted by Crippen LogP contribution is -2.36. The Bertz CT molecular complexity index is 1180. The average Bonchev–Trinajstić information content (AvgIpc) is 2.82. The van der Waals surface area contributed by atoms with Gasteiger partial charge in [-0.2, -0.15) is 0 Å². The van der Waals surface area contributed by atoms with Gasteiger partial charge in [-0.25, -0.2) is 12.8 Å². The van der Waals surface area contributed by atoms with Crippen LogP contribution in [0.2, 0.25) is 0 Å². The Labute approximate surface area is 194 Å². The fraction of sp³-hybridized carbons (Fsp3) is 0.240. The third-order valence-electron chi connectivity index (χ3n) is 5.25. The number of anilines is 1. The second-order valence-electron chi connectivity index (χ2n) is 7.99. The monoisotopic (exact) mass is 469 g/mol. The highest BCUT2D eigenvalue weighted by molar-refractivity contribution is 7.92. The van der Waals surface area contributed by atoms with Crippen molar-refractivity contribution < 1.29 is 17.6 Å². The van der Waals surface area contributed by atoms with E-state index in [1.54, 1.807) is 53.4 Å². The summed E-state index contributed by atoms with van der Waals surface area (Å²) in [5.74, 6) is -0.633. The highest BCUT2D eigenvalue weighted by atomic mass is 32.2. The van der Waals surface area contributed by atoms with Gasteiger partial charge in [0.25, 0.3) is 15.9 Å². The van der Waals surface area contributed by atoms with Crippen LogP contribution < -0.4 is 4.31 Å². The molecule has 0 fully saturated rings. The summed E-state index contributed by atoms with van der Waals surface area (Å²) in [6, 6.07) is 20.8. The van der Waals surface area contributed by atoms with Crippen molar-refractivity contribution in [2.24, 2.45) is 0 Å². The van der Waals surface area contributed by atoms with Crippen molar-refractivity contribution in [2.45, 2.75) is 11.4 Å². The fourth-order valence-electron chi connectivity index (χ4n) is 3.29. The summed E-state index contributed by atoms with van der Waals surface area (Å²) < 4.78 is 40.8. The van der Waals surface area contributed by atoms with E-state index in [1.807, 2.05) is 25.1 Å². The van der Waals surface area contributed by atoms with E-state index in [1.165, 1.54) is 35.6 Å². The minimum atomic E-state index is -3.85. The predicted octanol–water partition coefficient (Wildman–Crippen LogP) is 3.85. The second kappa shape index (κ2) is 10.6. The van der Waals surface area contributed by atoms with Crippen LogP contribution in [-0.2, 0) is 16.6 Å². The first-order chi connectivity index (χ1) is 15.7. The molecule has 3 rings (SSSR count). The van der Waals surface area contributed by atoms with Gasteiger partial charge in [0.05, 0.1) is 10.6 Å². The number of carbonyl (C=O) groups excluding carboxylic acids is 1. The zero-order valence-corrected chi connectivity index (χ0v) is 19.8. The van der Waals surface area contributed by atoms with Gasteiger partial charge < -0.3 is 9.80 Å². The lowest BCUT2D eigenvalue weighted by Gasteiger charge is -2.25. The summed E-state index contributed by atoms with van der Waals surface area (Å²) in [7, 11) is 1.45. The Balaban J connectivity index is 1.89. The SMILES string of the molecule is CN(C)CCN(Cc1ccc(F)cc1)C(=O)c1cccc(S(=O)(=O)N(C)c2ccccc2)c1. The summed E-state index contributed by atoms with van der Waals surface area (Å²) in [6.07, 6.45) is 0. The van der Waals surface area contributed by atoms with Gasteiger partial charge in [0, 0.05) is 32.2 Å². The zero-order valence-electron chi connectivity index (χ0n) is 19.0. The number of sulfonamides is 1. The number of hydrogen-bond donors (Lipinski definition) is 0. The number of nitrogens with zero attached hydrogens (tertiary/aromatic N) is 3. The first-order valence-electron chi connectivity index (χ1n) is 10.5. The Hall–Kier alpha value is -3.23. The van der Waals surface area contributed by atoms with Crippen LogP contribution in [0.5, 0.6) is 0 Å². The van der Waals surface area contributed by atoms with Gasteiger partial charge >= 0.3 is 0 Å². The first-order valence-corrected chi connectivity index (χ1v) is 11.9. The standard InChI is InChI=1S/C25H28FN3O3S/c1-27(2)16-17-29(19-20-12-14-22(26)15-13-20)25(30)21-8-7-11-24(18-21)33(31,32)28(3)23-9-5-4-6-10-23/h4-15,18H,16-17,19H2,1-3H3. The molecule has 0 unspecified atom stereocenters. The number of para-hydroxylation sites is 1. The van der Waals surface area contributed by atoms with E-state index >= 15 is 0 Å². The Kier molecular flexibility index (Phi) is 7.84. The van der Waals surface area contributed by atoms with Crippen LogP contribution in [0, 0.1) is 5.82 Å².